The van der Waals surface area contributed by atoms with E-state index in [2.05, 4.69) is 5.32 Å². The molecule has 0 bridgehead atoms. The van der Waals surface area contributed by atoms with Crippen LogP contribution < -0.4 is 5.32 Å². The number of hydrogen-bond acceptors (Lipinski definition) is 6. The third kappa shape index (κ3) is 4.61. The van der Waals surface area contributed by atoms with Gasteiger partial charge in [-0.05, 0) is 39.2 Å². The van der Waals surface area contributed by atoms with Crippen molar-refractivity contribution in [2.45, 2.75) is 70.9 Å². The SMILES string of the molecule is CC(=O)NC1(C(=O)OCC(=O)c2cc(C)n(C3CCS(=O)(=O)C3)c2C)CCCCC1. The Morgan fingerprint density at radius 2 is 1.87 bits per heavy atom. The molecule has 1 aliphatic carbocycles. The number of esters is 1. The van der Waals surface area contributed by atoms with Crippen LogP contribution in [0, 0.1) is 13.8 Å². The van der Waals surface area contributed by atoms with Crippen LogP contribution in [-0.2, 0) is 24.2 Å². The Hall–Kier alpha value is -2.16. The summed E-state index contributed by atoms with van der Waals surface area (Å²) in [6, 6.07) is 1.55. The lowest BCUT2D eigenvalue weighted by molar-refractivity contribution is -0.154. The fraction of sp³-hybridized carbons (Fsp3) is 0.667. The van der Waals surface area contributed by atoms with E-state index in [4.69, 9.17) is 4.74 Å². The standard InChI is InChI=1S/C21H30N2O6S/c1-14-11-18(15(2)23(14)17-7-10-30(27,28)13-17)19(25)12-29-20(26)21(22-16(3)24)8-5-4-6-9-21/h11,17H,4-10,12-13H2,1-3H3,(H,22,24). The lowest BCUT2D eigenvalue weighted by Crippen LogP contribution is -2.56. The van der Waals surface area contributed by atoms with Crippen molar-refractivity contribution in [1.82, 2.24) is 9.88 Å². The van der Waals surface area contributed by atoms with E-state index in [9.17, 15) is 22.8 Å². The molecule has 2 aliphatic rings. The molecule has 1 saturated carbocycles. The van der Waals surface area contributed by atoms with E-state index < -0.39 is 28.0 Å². The molecular weight excluding hydrogens is 408 g/mol. The van der Waals surface area contributed by atoms with Crippen LogP contribution in [0.4, 0.5) is 0 Å². The van der Waals surface area contributed by atoms with Gasteiger partial charge in [-0.25, -0.2) is 13.2 Å². The van der Waals surface area contributed by atoms with Gasteiger partial charge in [0.05, 0.1) is 11.5 Å². The fourth-order valence-electron chi connectivity index (χ4n) is 4.82. The third-order valence-corrected chi connectivity index (χ3v) is 7.96. The molecule has 1 aliphatic heterocycles. The number of rotatable bonds is 6. The molecule has 0 spiro atoms. The van der Waals surface area contributed by atoms with Gasteiger partial charge in [0.15, 0.2) is 16.4 Å². The molecule has 9 heteroatoms. The number of Topliss-reactive ketones (excluding diaryl/α,β-unsaturated/α-hetero) is 1. The van der Waals surface area contributed by atoms with Crippen LogP contribution in [0.5, 0.6) is 0 Å². The average molecular weight is 439 g/mol. The number of nitrogens with one attached hydrogen (secondary N) is 1. The highest BCUT2D eigenvalue weighted by molar-refractivity contribution is 7.91. The van der Waals surface area contributed by atoms with Crippen molar-refractivity contribution >= 4 is 27.5 Å². The van der Waals surface area contributed by atoms with Crippen LogP contribution in [0.15, 0.2) is 6.07 Å². The molecule has 1 unspecified atom stereocenters. The summed E-state index contributed by atoms with van der Waals surface area (Å²) in [7, 11) is -3.05. The minimum Gasteiger partial charge on any atom is -0.456 e. The number of sulfone groups is 1. The second-order valence-corrected chi connectivity index (χ2v) is 10.8. The van der Waals surface area contributed by atoms with Gasteiger partial charge in [0.25, 0.3) is 0 Å². The maximum atomic E-state index is 12.8. The molecule has 1 aromatic heterocycles. The van der Waals surface area contributed by atoms with Crippen molar-refractivity contribution in [1.29, 1.82) is 0 Å². The Balaban J connectivity index is 1.71. The first-order valence-corrected chi connectivity index (χ1v) is 12.2. The largest absolute Gasteiger partial charge is 0.456 e. The van der Waals surface area contributed by atoms with Gasteiger partial charge in [-0.1, -0.05) is 19.3 Å². The highest BCUT2D eigenvalue weighted by Gasteiger charge is 2.42. The number of ether oxygens (including phenoxy) is 1. The number of aryl methyl sites for hydroxylation is 1. The number of nitrogens with zero attached hydrogens (tertiary/aromatic N) is 1. The van der Waals surface area contributed by atoms with E-state index in [1.807, 2.05) is 11.5 Å². The topological polar surface area (TPSA) is 112 Å². The molecule has 166 valence electrons. The zero-order valence-electron chi connectivity index (χ0n) is 17.8. The van der Waals surface area contributed by atoms with Crippen molar-refractivity contribution in [2.75, 3.05) is 18.1 Å². The fourth-order valence-corrected chi connectivity index (χ4v) is 6.52. The monoisotopic (exact) mass is 438 g/mol. The van der Waals surface area contributed by atoms with Gasteiger partial charge in [-0.15, -0.1) is 0 Å². The molecule has 0 aromatic carbocycles. The summed E-state index contributed by atoms with van der Waals surface area (Å²) in [5, 5.41) is 2.74. The number of carbonyl (C=O) groups excluding carboxylic acids is 3. The summed E-state index contributed by atoms with van der Waals surface area (Å²) in [5.74, 6) is -0.972. The van der Waals surface area contributed by atoms with Gasteiger partial charge in [-0.3, -0.25) is 9.59 Å². The highest BCUT2D eigenvalue weighted by Crippen LogP contribution is 2.31. The van der Waals surface area contributed by atoms with Gasteiger partial charge < -0.3 is 14.6 Å². The van der Waals surface area contributed by atoms with Crippen LogP contribution in [0.3, 0.4) is 0 Å². The summed E-state index contributed by atoms with van der Waals surface area (Å²) < 4.78 is 30.9. The molecule has 30 heavy (non-hydrogen) atoms. The lowest BCUT2D eigenvalue weighted by atomic mass is 9.81. The van der Waals surface area contributed by atoms with Crippen LogP contribution >= 0.6 is 0 Å². The number of amides is 1. The van der Waals surface area contributed by atoms with Crippen LogP contribution in [-0.4, -0.2) is 54.3 Å². The van der Waals surface area contributed by atoms with E-state index in [-0.39, 0.29) is 29.2 Å². The molecule has 1 aromatic rings. The summed E-state index contributed by atoms with van der Waals surface area (Å²) in [6.07, 6.45) is 4.16. The Bertz CT molecular complexity index is 956. The predicted molar refractivity (Wildman–Crippen MR) is 111 cm³/mol. The zero-order valence-corrected chi connectivity index (χ0v) is 18.6. The molecule has 1 atom stereocenters. The predicted octanol–water partition coefficient (Wildman–Crippen LogP) is 2.03. The van der Waals surface area contributed by atoms with Crippen molar-refractivity contribution in [3.8, 4) is 0 Å². The first kappa shape index (κ1) is 22.5. The minimum atomic E-state index is -3.05. The second-order valence-electron chi connectivity index (χ2n) is 8.53. The van der Waals surface area contributed by atoms with Crippen LogP contribution in [0.25, 0.3) is 0 Å². The van der Waals surface area contributed by atoms with E-state index in [0.29, 0.717) is 30.5 Å². The lowest BCUT2D eigenvalue weighted by Gasteiger charge is -2.35. The van der Waals surface area contributed by atoms with Crippen LogP contribution in [0.1, 0.15) is 73.2 Å². The number of hydrogen-bond donors (Lipinski definition) is 1. The molecular formula is C21H30N2O6S. The summed E-state index contributed by atoms with van der Waals surface area (Å²) in [4.78, 5) is 37.2. The molecule has 1 saturated heterocycles. The van der Waals surface area contributed by atoms with Crippen molar-refractivity contribution in [3.05, 3.63) is 23.0 Å². The summed E-state index contributed by atoms with van der Waals surface area (Å²) >= 11 is 0. The maximum absolute atomic E-state index is 12.8. The second kappa shape index (κ2) is 8.53. The van der Waals surface area contributed by atoms with Gasteiger partial charge in [0.1, 0.15) is 5.54 Å². The zero-order chi connectivity index (χ0) is 22.1. The normalized spacial score (nSPS) is 22.4. The smallest absolute Gasteiger partial charge is 0.332 e. The quantitative estimate of drug-likeness (QED) is 0.537. The van der Waals surface area contributed by atoms with Gasteiger partial charge in [0, 0.05) is 29.9 Å². The Morgan fingerprint density at radius 3 is 2.43 bits per heavy atom. The Morgan fingerprint density at radius 1 is 1.20 bits per heavy atom. The van der Waals surface area contributed by atoms with E-state index in [1.54, 1.807) is 13.0 Å². The van der Waals surface area contributed by atoms with Crippen molar-refractivity contribution in [2.24, 2.45) is 0 Å². The molecule has 8 nitrogen and oxygen atoms in total. The number of ketones is 1. The molecule has 3 rings (SSSR count). The van der Waals surface area contributed by atoms with E-state index in [0.717, 1.165) is 25.0 Å². The van der Waals surface area contributed by atoms with E-state index in [1.165, 1.54) is 6.92 Å². The number of aromatic nitrogens is 1. The van der Waals surface area contributed by atoms with Gasteiger partial charge >= 0.3 is 5.97 Å². The molecule has 1 amide bonds. The molecule has 2 heterocycles. The highest BCUT2D eigenvalue weighted by atomic mass is 32.2. The Labute approximate surface area is 177 Å². The first-order valence-electron chi connectivity index (χ1n) is 10.4. The van der Waals surface area contributed by atoms with Gasteiger partial charge in [0.2, 0.25) is 11.7 Å². The molecule has 0 radical (unpaired) electrons. The minimum absolute atomic E-state index is 0.0746. The van der Waals surface area contributed by atoms with Crippen molar-refractivity contribution in [3.63, 3.8) is 0 Å². The van der Waals surface area contributed by atoms with E-state index >= 15 is 0 Å². The summed E-state index contributed by atoms with van der Waals surface area (Å²) in [6.45, 7) is 4.59. The van der Waals surface area contributed by atoms with Crippen molar-refractivity contribution < 1.29 is 27.5 Å². The summed E-state index contributed by atoms with van der Waals surface area (Å²) in [5.41, 5.74) is 0.873. The average Bonchev–Trinajstić information content (AvgIpc) is 3.17. The van der Waals surface area contributed by atoms with Gasteiger partial charge in [-0.2, -0.15) is 0 Å². The third-order valence-electron chi connectivity index (χ3n) is 6.21. The Kier molecular flexibility index (Phi) is 6.40. The first-order chi connectivity index (χ1) is 14.0. The molecule has 2 fully saturated rings. The van der Waals surface area contributed by atoms with Crippen LogP contribution in [0.2, 0.25) is 0 Å². The maximum Gasteiger partial charge on any atom is 0.332 e. The number of carbonyl (C=O) groups is 3. The molecule has 1 N–H and O–H groups in total.